The van der Waals surface area contributed by atoms with Gasteiger partial charge in [-0.3, -0.25) is 0 Å². The molecule has 96 valence electrons. The maximum atomic E-state index is 6.39. The Morgan fingerprint density at radius 3 is 2.47 bits per heavy atom. The zero-order valence-electron chi connectivity index (χ0n) is 10.7. The fraction of sp³-hybridized carbons (Fsp3) is 0.125. The predicted molar refractivity (Wildman–Crippen MR) is 80.8 cm³/mol. The van der Waals surface area contributed by atoms with Crippen LogP contribution in [-0.2, 0) is 0 Å². The van der Waals surface area contributed by atoms with Crippen LogP contribution in [0.3, 0.4) is 0 Å². The summed E-state index contributed by atoms with van der Waals surface area (Å²) in [6, 6.07) is 16.3. The number of methoxy groups -OCH3 is 1. The lowest BCUT2D eigenvalue weighted by Gasteiger charge is -2.15. The van der Waals surface area contributed by atoms with Crippen molar-refractivity contribution in [2.24, 2.45) is 5.73 Å². The molecule has 0 aliphatic heterocycles. The van der Waals surface area contributed by atoms with E-state index in [2.05, 4.69) is 29.6 Å². The third-order valence-corrected chi connectivity index (χ3v) is 4.28. The standard InChI is InChI=1S/C16H15NOS/c1-18-14-9-8-13(11-5-2-3-6-12(11)14)16(17)15-7-4-10-19-15/h2-10,16H,17H2,1H3. The van der Waals surface area contributed by atoms with Crippen LogP contribution in [0.4, 0.5) is 0 Å². The molecule has 0 fully saturated rings. The van der Waals surface area contributed by atoms with E-state index in [-0.39, 0.29) is 6.04 Å². The van der Waals surface area contributed by atoms with Crippen LogP contribution in [0.5, 0.6) is 5.75 Å². The van der Waals surface area contributed by atoms with Crippen LogP contribution in [0.15, 0.2) is 53.9 Å². The second kappa shape index (κ2) is 5.03. The summed E-state index contributed by atoms with van der Waals surface area (Å²) in [7, 11) is 1.70. The van der Waals surface area contributed by atoms with Crippen molar-refractivity contribution in [2.75, 3.05) is 7.11 Å². The molecule has 2 nitrogen and oxygen atoms in total. The molecule has 0 aliphatic rings. The van der Waals surface area contributed by atoms with Gasteiger partial charge in [0.25, 0.3) is 0 Å². The summed E-state index contributed by atoms with van der Waals surface area (Å²) in [5.74, 6) is 0.887. The lowest BCUT2D eigenvalue weighted by atomic mass is 9.97. The topological polar surface area (TPSA) is 35.2 Å². The third-order valence-electron chi connectivity index (χ3n) is 3.32. The van der Waals surface area contributed by atoms with Crippen molar-refractivity contribution >= 4 is 22.1 Å². The van der Waals surface area contributed by atoms with E-state index in [0.29, 0.717) is 0 Å². The average Bonchev–Trinajstić information content (AvgIpc) is 2.99. The Bertz CT molecular complexity index is 691. The van der Waals surface area contributed by atoms with Crippen molar-refractivity contribution in [1.29, 1.82) is 0 Å². The maximum absolute atomic E-state index is 6.39. The van der Waals surface area contributed by atoms with Gasteiger partial charge in [0, 0.05) is 10.3 Å². The first-order valence-electron chi connectivity index (χ1n) is 6.16. The van der Waals surface area contributed by atoms with E-state index in [1.807, 2.05) is 24.3 Å². The number of ether oxygens (including phenoxy) is 1. The van der Waals surface area contributed by atoms with Crippen molar-refractivity contribution in [2.45, 2.75) is 6.04 Å². The van der Waals surface area contributed by atoms with E-state index >= 15 is 0 Å². The van der Waals surface area contributed by atoms with Crippen LogP contribution in [0.1, 0.15) is 16.5 Å². The lowest BCUT2D eigenvalue weighted by molar-refractivity contribution is 0.419. The van der Waals surface area contributed by atoms with Crippen LogP contribution in [-0.4, -0.2) is 7.11 Å². The van der Waals surface area contributed by atoms with Crippen LogP contribution < -0.4 is 10.5 Å². The Morgan fingerprint density at radius 1 is 1.00 bits per heavy atom. The highest BCUT2D eigenvalue weighted by Gasteiger charge is 2.14. The molecule has 1 unspecified atom stereocenters. The minimum Gasteiger partial charge on any atom is -0.496 e. The molecule has 1 heterocycles. The van der Waals surface area contributed by atoms with Crippen LogP contribution in [0.25, 0.3) is 10.8 Å². The minimum absolute atomic E-state index is 0.0872. The molecule has 3 heteroatoms. The number of benzene rings is 2. The molecule has 0 radical (unpaired) electrons. The van der Waals surface area contributed by atoms with Gasteiger partial charge in [0.15, 0.2) is 0 Å². The van der Waals surface area contributed by atoms with E-state index in [0.717, 1.165) is 22.1 Å². The van der Waals surface area contributed by atoms with E-state index in [1.165, 1.54) is 4.88 Å². The van der Waals surface area contributed by atoms with Crippen molar-refractivity contribution < 1.29 is 4.74 Å². The zero-order chi connectivity index (χ0) is 13.2. The van der Waals surface area contributed by atoms with Crippen molar-refractivity contribution in [3.63, 3.8) is 0 Å². The molecule has 0 amide bonds. The summed E-state index contributed by atoms with van der Waals surface area (Å²) in [6.07, 6.45) is 0. The summed E-state index contributed by atoms with van der Waals surface area (Å²) < 4.78 is 5.41. The molecule has 0 saturated carbocycles. The SMILES string of the molecule is COc1ccc(C(N)c2cccs2)c2ccccc12. The van der Waals surface area contributed by atoms with Gasteiger partial charge in [0.1, 0.15) is 5.75 Å². The molecule has 0 bridgehead atoms. The second-order valence-corrected chi connectivity index (χ2v) is 5.37. The summed E-state index contributed by atoms with van der Waals surface area (Å²) in [5.41, 5.74) is 7.53. The molecule has 0 saturated heterocycles. The maximum Gasteiger partial charge on any atom is 0.126 e. The highest BCUT2D eigenvalue weighted by molar-refractivity contribution is 7.10. The molecule has 0 spiro atoms. The molecule has 3 aromatic rings. The highest BCUT2D eigenvalue weighted by atomic mass is 32.1. The van der Waals surface area contributed by atoms with E-state index in [9.17, 15) is 0 Å². The molecular formula is C16H15NOS. The van der Waals surface area contributed by atoms with Gasteiger partial charge in [-0.2, -0.15) is 0 Å². The number of thiophene rings is 1. The third kappa shape index (κ3) is 2.11. The first-order chi connectivity index (χ1) is 9.31. The predicted octanol–water partition coefficient (Wildman–Crippen LogP) is 3.96. The molecule has 0 aliphatic carbocycles. The molecule has 1 aromatic heterocycles. The van der Waals surface area contributed by atoms with Crippen molar-refractivity contribution in [3.8, 4) is 5.75 Å². The Labute approximate surface area is 116 Å². The first-order valence-corrected chi connectivity index (χ1v) is 7.04. The Morgan fingerprint density at radius 2 is 1.79 bits per heavy atom. The van der Waals surface area contributed by atoms with E-state index < -0.39 is 0 Å². The van der Waals surface area contributed by atoms with E-state index in [1.54, 1.807) is 18.4 Å². The molecule has 2 N–H and O–H groups in total. The van der Waals surface area contributed by atoms with Gasteiger partial charge in [0.2, 0.25) is 0 Å². The van der Waals surface area contributed by atoms with Gasteiger partial charge in [-0.1, -0.05) is 36.4 Å². The van der Waals surface area contributed by atoms with Crippen molar-refractivity contribution in [3.05, 3.63) is 64.4 Å². The molecule has 3 rings (SSSR count). The summed E-state index contributed by atoms with van der Waals surface area (Å²) in [6.45, 7) is 0. The largest absolute Gasteiger partial charge is 0.496 e. The zero-order valence-corrected chi connectivity index (χ0v) is 11.5. The van der Waals surface area contributed by atoms with Gasteiger partial charge >= 0.3 is 0 Å². The molecule has 1 atom stereocenters. The van der Waals surface area contributed by atoms with Crippen LogP contribution >= 0.6 is 11.3 Å². The van der Waals surface area contributed by atoms with Crippen LogP contribution in [0.2, 0.25) is 0 Å². The summed E-state index contributed by atoms with van der Waals surface area (Å²) in [5, 5.41) is 4.32. The quantitative estimate of drug-likeness (QED) is 0.781. The van der Waals surface area contributed by atoms with Crippen molar-refractivity contribution in [1.82, 2.24) is 0 Å². The fourth-order valence-electron chi connectivity index (χ4n) is 2.37. The van der Waals surface area contributed by atoms with Gasteiger partial charge in [-0.25, -0.2) is 0 Å². The molecular weight excluding hydrogens is 254 g/mol. The van der Waals surface area contributed by atoms with Crippen LogP contribution in [0, 0.1) is 0 Å². The van der Waals surface area contributed by atoms with Gasteiger partial charge in [0.05, 0.1) is 13.2 Å². The Hall–Kier alpha value is -1.84. The summed E-state index contributed by atoms with van der Waals surface area (Å²) in [4.78, 5) is 1.18. The first kappa shape index (κ1) is 12.2. The number of hydrogen-bond donors (Lipinski definition) is 1. The van der Waals surface area contributed by atoms with Gasteiger partial charge in [-0.05, 0) is 28.5 Å². The number of hydrogen-bond acceptors (Lipinski definition) is 3. The number of nitrogens with two attached hydrogens (primary N) is 1. The Balaban J connectivity index is 2.20. The molecule has 2 aromatic carbocycles. The van der Waals surface area contributed by atoms with Gasteiger partial charge < -0.3 is 10.5 Å². The van der Waals surface area contributed by atoms with E-state index in [4.69, 9.17) is 10.5 Å². The second-order valence-electron chi connectivity index (χ2n) is 4.40. The molecule has 19 heavy (non-hydrogen) atoms. The normalized spacial score (nSPS) is 12.5. The smallest absolute Gasteiger partial charge is 0.126 e. The lowest BCUT2D eigenvalue weighted by Crippen LogP contribution is -2.10. The summed E-state index contributed by atoms with van der Waals surface area (Å²) >= 11 is 1.69. The average molecular weight is 269 g/mol. The number of rotatable bonds is 3. The minimum atomic E-state index is -0.0872. The Kier molecular flexibility index (Phi) is 3.23. The number of fused-ring (bicyclic) bond motifs is 1. The van der Waals surface area contributed by atoms with Gasteiger partial charge in [-0.15, -0.1) is 11.3 Å². The fourth-order valence-corrected chi connectivity index (χ4v) is 3.11. The highest BCUT2D eigenvalue weighted by Crippen LogP contribution is 2.34. The monoisotopic (exact) mass is 269 g/mol.